The van der Waals surface area contributed by atoms with Gasteiger partial charge >= 0.3 is 6.18 Å². The maximum absolute atomic E-state index is 12.2. The van der Waals surface area contributed by atoms with E-state index in [2.05, 4.69) is 0 Å². The first-order valence-electron chi connectivity index (χ1n) is 3.80. The number of fused-ring (bicyclic) bond motifs is 1. The fraction of sp³-hybridized carbons (Fsp3) is 0.100. The predicted molar refractivity (Wildman–Crippen MR) is 44.5 cm³/mol. The van der Waals surface area contributed by atoms with Gasteiger partial charge < -0.3 is 0 Å². The Kier molecular flexibility index (Phi) is 1.62. The molecule has 0 saturated carbocycles. The van der Waals surface area contributed by atoms with Gasteiger partial charge in [-0.1, -0.05) is 12.1 Å². The molecule has 0 N–H and O–H groups in total. The second-order valence-corrected chi connectivity index (χ2v) is 2.87. The molecular weight excluding hydrogens is 177 g/mol. The van der Waals surface area contributed by atoms with E-state index in [1.165, 1.54) is 6.07 Å². The van der Waals surface area contributed by atoms with Gasteiger partial charge in [-0.3, -0.25) is 0 Å². The monoisotopic (exact) mass is 183 g/mol. The third-order valence-electron chi connectivity index (χ3n) is 1.97. The van der Waals surface area contributed by atoms with Gasteiger partial charge in [-0.05, 0) is 0 Å². The summed E-state index contributed by atoms with van der Waals surface area (Å²) in [6, 6.07) is 8.95. The van der Waals surface area contributed by atoms with Crippen molar-refractivity contribution in [1.82, 2.24) is 0 Å². The lowest BCUT2D eigenvalue weighted by atomic mass is 10.1. The van der Waals surface area contributed by atoms with E-state index in [4.69, 9.17) is 0 Å². The van der Waals surface area contributed by atoms with E-state index in [-0.39, 0.29) is 0 Å². The molecule has 2 aromatic carbocycles. The molecule has 0 amide bonds. The molecule has 0 aliphatic carbocycles. The molecule has 0 atom stereocenters. The summed E-state index contributed by atoms with van der Waals surface area (Å²) in [5.74, 6) is 0. The van der Waals surface area contributed by atoms with Crippen LogP contribution in [0.1, 0.15) is 5.56 Å². The molecule has 2 aromatic rings. The summed E-state index contributed by atoms with van der Waals surface area (Å²) >= 11 is 0. The highest BCUT2D eigenvalue weighted by Crippen LogP contribution is 2.31. The van der Waals surface area contributed by atoms with Crippen molar-refractivity contribution in [2.45, 2.75) is 6.18 Å². The Morgan fingerprint density at radius 2 is 1.85 bits per heavy atom. The minimum Gasteiger partial charge on any atom is -0.168 e. The smallest absolute Gasteiger partial charge is 0.168 e. The molecular formula is C10H6F3-. The minimum atomic E-state index is -4.24. The van der Waals surface area contributed by atoms with Gasteiger partial charge in [-0.25, -0.2) is 0 Å². The van der Waals surface area contributed by atoms with Crippen molar-refractivity contribution in [3.05, 3.63) is 42.0 Å². The Morgan fingerprint density at radius 1 is 1.08 bits per heavy atom. The molecule has 68 valence electrons. The zero-order chi connectivity index (χ0) is 9.47. The average Bonchev–Trinajstić information content (AvgIpc) is 2.47. The third kappa shape index (κ3) is 1.41. The lowest BCUT2D eigenvalue weighted by Crippen LogP contribution is -2.03. The molecule has 0 heterocycles. The van der Waals surface area contributed by atoms with E-state index in [0.29, 0.717) is 5.39 Å². The number of benzene rings is 1. The normalized spacial score (nSPS) is 12.2. The maximum Gasteiger partial charge on any atom is 0.414 e. The molecule has 0 unspecified atom stereocenters. The van der Waals surface area contributed by atoms with E-state index in [1.54, 1.807) is 18.2 Å². The minimum absolute atomic E-state index is 0.591. The van der Waals surface area contributed by atoms with Crippen molar-refractivity contribution in [1.29, 1.82) is 0 Å². The summed E-state index contributed by atoms with van der Waals surface area (Å²) in [6.45, 7) is 0. The molecule has 0 fully saturated rings. The summed E-state index contributed by atoms with van der Waals surface area (Å²) in [5, 5.41) is 1.47. The Morgan fingerprint density at radius 3 is 2.54 bits per heavy atom. The Balaban J connectivity index is 2.61. The van der Waals surface area contributed by atoms with Crippen molar-refractivity contribution in [3.63, 3.8) is 0 Å². The van der Waals surface area contributed by atoms with Crippen LogP contribution < -0.4 is 0 Å². The highest BCUT2D eigenvalue weighted by Gasteiger charge is 2.28. The molecule has 0 bridgehead atoms. The van der Waals surface area contributed by atoms with Crippen LogP contribution in [0.5, 0.6) is 0 Å². The zero-order valence-corrected chi connectivity index (χ0v) is 6.60. The summed E-state index contributed by atoms with van der Waals surface area (Å²) in [7, 11) is 0. The second-order valence-electron chi connectivity index (χ2n) is 2.87. The van der Waals surface area contributed by atoms with Crippen molar-refractivity contribution >= 4 is 10.8 Å². The van der Waals surface area contributed by atoms with Gasteiger partial charge in [-0.15, -0.1) is 17.5 Å². The quantitative estimate of drug-likeness (QED) is 0.547. The number of rotatable bonds is 0. The Labute approximate surface area is 73.0 Å². The van der Waals surface area contributed by atoms with Gasteiger partial charge in [0.05, 0.1) is 0 Å². The van der Waals surface area contributed by atoms with E-state index >= 15 is 0 Å². The van der Waals surface area contributed by atoms with Gasteiger partial charge in [0.2, 0.25) is 0 Å². The summed E-state index contributed by atoms with van der Waals surface area (Å²) < 4.78 is 36.7. The predicted octanol–water partition coefficient (Wildman–Crippen LogP) is 3.58. The van der Waals surface area contributed by atoms with Crippen LogP contribution in [0.2, 0.25) is 0 Å². The van der Waals surface area contributed by atoms with Crippen LogP contribution in [0.15, 0.2) is 36.4 Å². The van der Waals surface area contributed by atoms with Gasteiger partial charge in [-0.2, -0.15) is 30.7 Å². The lowest BCUT2D eigenvalue weighted by Gasteiger charge is -2.08. The van der Waals surface area contributed by atoms with E-state index < -0.39 is 11.7 Å². The van der Waals surface area contributed by atoms with Gasteiger partial charge in [0.15, 0.2) is 0 Å². The lowest BCUT2D eigenvalue weighted by molar-refractivity contribution is -0.137. The van der Waals surface area contributed by atoms with Gasteiger partial charge in [0.1, 0.15) is 0 Å². The van der Waals surface area contributed by atoms with Crippen LogP contribution in [0.4, 0.5) is 13.2 Å². The van der Waals surface area contributed by atoms with Gasteiger partial charge in [0, 0.05) is 5.56 Å². The number of alkyl halides is 3. The molecule has 0 nitrogen and oxygen atoms in total. The number of hydrogen-bond donors (Lipinski definition) is 0. The molecule has 0 radical (unpaired) electrons. The molecule has 0 aliphatic rings. The SMILES string of the molecule is FC(F)(F)c1ccc2[cH-]ccc2c1. The van der Waals surface area contributed by atoms with Crippen molar-refractivity contribution in [3.8, 4) is 0 Å². The average molecular weight is 183 g/mol. The van der Waals surface area contributed by atoms with Crippen LogP contribution >= 0.6 is 0 Å². The fourth-order valence-electron chi connectivity index (χ4n) is 1.30. The van der Waals surface area contributed by atoms with Crippen LogP contribution in [0.25, 0.3) is 10.8 Å². The second kappa shape index (κ2) is 2.55. The maximum atomic E-state index is 12.2. The fourth-order valence-corrected chi connectivity index (χ4v) is 1.30. The number of hydrogen-bond acceptors (Lipinski definition) is 0. The van der Waals surface area contributed by atoms with E-state index in [9.17, 15) is 13.2 Å². The van der Waals surface area contributed by atoms with Crippen molar-refractivity contribution in [2.24, 2.45) is 0 Å². The third-order valence-corrected chi connectivity index (χ3v) is 1.97. The Hall–Kier alpha value is -1.38. The highest BCUT2D eigenvalue weighted by molar-refractivity contribution is 5.84. The standard InChI is InChI=1S/C10H6F3/c11-10(12,13)9-5-4-7-2-1-3-8(7)6-9/h1-6H/q-1. The van der Waals surface area contributed by atoms with Gasteiger partial charge in [0.25, 0.3) is 0 Å². The molecule has 0 aromatic heterocycles. The molecule has 0 saturated heterocycles. The van der Waals surface area contributed by atoms with Crippen LogP contribution in [-0.2, 0) is 6.18 Å². The van der Waals surface area contributed by atoms with Crippen molar-refractivity contribution in [2.75, 3.05) is 0 Å². The largest absolute Gasteiger partial charge is 0.414 e. The molecule has 0 aliphatic heterocycles. The Bertz CT molecular complexity index is 423. The topological polar surface area (TPSA) is 0 Å². The summed E-state index contributed by atoms with van der Waals surface area (Å²) in [5.41, 5.74) is -0.591. The molecule has 2 rings (SSSR count). The van der Waals surface area contributed by atoms with Crippen molar-refractivity contribution < 1.29 is 13.2 Å². The summed E-state index contributed by atoms with van der Waals surface area (Å²) in [6.07, 6.45) is -4.24. The molecule has 13 heavy (non-hydrogen) atoms. The zero-order valence-electron chi connectivity index (χ0n) is 6.60. The molecule has 0 spiro atoms. The van der Waals surface area contributed by atoms with E-state index in [1.807, 2.05) is 0 Å². The first-order chi connectivity index (χ1) is 6.07. The number of halogens is 3. The van der Waals surface area contributed by atoms with E-state index in [0.717, 1.165) is 17.5 Å². The van der Waals surface area contributed by atoms with Crippen LogP contribution in [-0.4, -0.2) is 0 Å². The highest BCUT2D eigenvalue weighted by atomic mass is 19.4. The van der Waals surface area contributed by atoms with Crippen LogP contribution in [0.3, 0.4) is 0 Å². The summed E-state index contributed by atoms with van der Waals surface area (Å²) in [4.78, 5) is 0. The van der Waals surface area contributed by atoms with Crippen LogP contribution in [0, 0.1) is 0 Å². The first kappa shape index (κ1) is 8.23. The first-order valence-corrected chi connectivity index (χ1v) is 3.80. The molecule has 3 heteroatoms.